The standard InChI is InChI=1S/C18H18O3/c1-3-21-18(20)13(2)15-10-7-11-16(12-15)17(19)14-8-5-4-6-9-14/h4-13H,3H2,1-2H3/t13-/m0/s1. The molecule has 3 heteroatoms. The first-order valence-electron chi connectivity index (χ1n) is 6.99. The summed E-state index contributed by atoms with van der Waals surface area (Å²) in [6.45, 7) is 3.91. The summed E-state index contributed by atoms with van der Waals surface area (Å²) in [5.41, 5.74) is 2.00. The first kappa shape index (κ1) is 15.0. The number of carbonyl (C=O) groups excluding carboxylic acids is 2. The van der Waals surface area contributed by atoms with Crippen molar-refractivity contribution in [2.75, 3.05) is 6.61 Å². The monoisotopic (exact) mass is 282 g/mol. The van der Waals surface area contributed by atoms with Crippen molar-refractivity contribution in [1.29, 1.82) is 0 Å². The van der Waals surface area contributed by atoms with Crippen LogP contribution < -0.4 is 0 Å². The molecule has 3 nitrogen and oxygen atoms in total. The zero-order valence-electron chi connectivity index (χ0n) is 12.2. The Labute approximate surface area is 124 Å². The molecule has 0 aromatic heterocycles. The minimum atomic E-state index is -0.381. The Hall–Kier alpha value is -2.42. The molecule has 0 aliphatic heterocycles. The summed E-state index contributed by atoms with van der Waals surface area (Å²) in [7, 11) is 0. The summed E-state index contributed by atoms with van der Waals surface area (Å²) < 4.78 is 5.02. The first-order valence-corrected chi connectivity index (χ1v) is 6.99. The maximum atomic E-state index is 12.4. The van der Waals surface area contributed by atoms with E-state index in [1.165, 1.54) is 0 Å². The number of ketones is 1. The molecule has 2 rings (SSSR count). The summed E-state index contributed by atoms with van der Waals surface area (Å²) in [5, 5.41) is 0. The van der Waals surface area contributed by atoms with Gasteiger partial charge in [-0.15, -0.1) is 0 Å². The van der Waals surface area contributed by atoms with E-state index in [2.05, 4.69) is 0 Å². The molecule has 1 atom stereocenters. The van der Waals surface area contributed by atoms with Crippen molar-refractivity contribution >= 4 is 11.8 Å². The Balaban J connectivity index is 2.26. The normalized spacial score (nSPS) is 11.7. The van der Waals surface area contributed by atoms with Gasteiger partial charge in [0.05, 0.1) is 12.5 Å². The van der Waals surface area contributed by atoms with E-state index < -0.39 is 0 Å². The Morgan fingerprint density at radius 2 is 1.67 bits per heavy atom. The van der Waals surface area contributed by atoms with E-state index in [0.717, 1.165) is 5.56 Å². The molecule has 0 saturated heterocycles. The van der Waals surface area contributed by atoms with E-state index >= 15 is 0 Å². The van der Waals surface area contributed by atoms with Crippen molar-refractivity contribution in [1.82, 2.24) is 0 Å². The van der Waals surface area contributed by atoms with Gasteiger partial charge in [0.25, 0.3) is 0 Å². The third kappa shape index (κ3) is 3.57. The quantitative estimate of drug-likeness (QED) is 0.622. The van der Waals surface area contributed by atoms with Crippen molar-refractivity contribution in [3.63, 3.8) is 0 Å². The Morgan fingerprint density at radius 1 is 1.00 bits per heavy atom. The van der Waals surface area contributed by atoms with Crippen LogP contribution in [0.4, 0.5) is 0 Å². The van der Waals surface area contributed by atoms with Gasteiger partial charge in [0.2, 0.25) is 0 Å². The van der Waals surface area contributed by atoms with Gasteiger partial charge in [-0.1, -0.05) is 48.5 Å². The van der Waals surface area contributed by atoms with Gasteiger partial charge in [-0.05, 0) is 25.5 Å². The van der Waals surface area contributed by atoms with E-state index in [1.54, 1.807) is 44.2 Å². The minimum Gasteiger partial charge on any atom is -0.466 e. The largest absolute Gasteiger partial charge is 0.466 e. The SMILES string of the molecule is CCOC(=O)[C@@H](C)c1cccc(C(=O)c2ccccc2)c1. The Bertz CT molecular complexity index is 632. The van der Waals surface area contributed by atoms with Gasteiger partial charge in [0.15, 0.2) is 5.78 Å². The highest BCUT2D eigenvalue weighted by Crippen LogP contribution is 2.20. The molecule has 0 N–H and O–H groups in total. The number of benzene rings is 2. The summed E-state index contributed by atoms with van der Waals surface area (Å²) in [4.78, 5) is 24.2. The average molecular weight is 282 g/mol. The molecule has 0 aliphatic carbocycles. The second kappa shape index (κ2) is 6.84. The highest BCUT2D eigenvalue weighted by molar-refractivity contribution is 6.09. The fourth-order valence-corrected chi connectivity index (χ4v) is 2.11. The predicted molar refractivity (Wildman–Crippen MR) is 81.4 cm³/mol. The minimum absolute atomic E-state index is 0.0477. The summed E-state index contributed by atoms with van der Waals surface area (Å²) >= 11 is 0. The second-order valence-corrected chi connectivity index (χ2v) is 4.79. The van der Waals surface area contributed by atoms with Crippen LogP contribution in [-0.2, 0) is 9.53 Å². The number of rotatable bonds is 5. The number of hydrogen-bond donors (Lipinski definition) is 0. The van der Waals surface area contributed by atoms with Gasteiger partial charge in [-0.25, -0.2) is 0 Å². The van der Waals surface area contributed by atoms with Gasteiger partial charge in [-0.3, -0.25) is 9.59 Å². The lowest BCUT2D eigenvalue weighted by molar-refractivity contribution is -0.144. The lowest BCUT2D eigenvalue weighted by Crippen LogP contribution is -2.13. The molecular weight excluding hydrogens is 264 g/mol. The zero-order valence-corrected chi connectivity index (χ0v) is 12.2. The molecule has 21 heavy (non-hydrogen) atoms. The molecule has 0 aliphatic rings. The van der Waals surface area contributed by atoms with Crippen LogP contribution in [0.2, 0.25) is 0 Å². The van der Waals surface area contributed by atoms with E-state index in [1.807, 2.05) is 24.3 Å². The fraction of sp³-hybridized carbons (Fsp3) is 0.222. The molecule has 0 bridgehead atoms. The number of esters is 1. The van der Waals surface area contributed by atoms with E-state index in [-0.39, 0.29) is 17.7 Å². The molecule has 0 fully saturated rings. The maximum absolute atomic E-state index is 12.4. The van der Waals surface area contributed by atoms with Crippen molar-refractivity contribution in [3.05, 3.63) is 71.3 Å². The lowest BCUT2D eigenvalue weighted by Gasteiger charge is -2.12. The van der Waals surface area contributed by atoms with E-state index in [9.17, 15) is 9.59 Å². The van der Waals surface area contributed by atoms with E-state index in [4.69, 9.17) is 4.74 Å². The van der Waals surface area contributed by atoms with Crippen LogP contribution in [0, 0.1) is 0 Å². The van der Waals surface area contributed by atoms with Gasteiger partial charge in [-0.2, -0.15) is 0 Å². The van der Waals surface area contributed by atoms with Gasteiger partial charge in [0.1, 0.15) is 0 Å². The van der Waals surface area contributed by atoms with E-state index in [0.29, 0.717) is 17.7 Å². The highest BCUT2D eigenvalue weighted by Gasteiger charge is 2.18. The fourth-order valence-electron chi connectivity index (χ4n) is 2.11. The summed E-state index contributed by atoms with van der Waals surface area (Å²) in [5.74, 6) is -0.705. The molecule has 2 aromatic carbocycles. The maximum Gasteiger partial charge on any atom is 0.313 e. The number of carbonyl (C=O) groups is 2. The Morgan fingerprint density at radius 3 is 2.33 bits per heavy atom. The highest BCUT2D eigenvalue weighted by atomic mass is 16.5. The van der Waals surface area contributed by atoms with Crippen molar-refractivity contribution in [2.24, 2.45) is 0 Å². The van der Waals surface area contributed by atoms with Crippen molar-refractivity contribution in [2.45, 2.75) is 19.8 Å². The van der Waals surface area contributed by atoms with Crippen LogP contribution >= 0.6 is 0 Å². The van der Waals surface area contributed by atoms with Crippen LogP contribution in [0.5, 0.6) is 0 Å². The predicted octanol–water partition coefficient (Wildman–Crippen LogP) is 3.58. The molecule has 108 valence electrons. The van der Waals surface area contributed by atoms with Gasteiger partial charge < -0.3 is 4.74 Å². The third-order valence-corrected chi connectivity index (χ3v) is 3.32. The zero-order chi connectivity index (χ0) is 15.2. The topological polar surface area (TPSA) is 43.4 Å². The summed E-state index contributed by atoms with van der Waals surface area (Å²) in [6, 6.07) is 16.2. The number of hydrogen-bond acceptors (Lipinski definition) is 3. The van der Waals surface area contributed by atoms with Crippen molar-refractivity contribution in [3.8, 4) is 0 Å². The number of ether oxygens (including phenoxy) is 1. The molecular formula is C18H18O3. The first-order chi connectivity index (χ1) is 10.1. The Kier molecular flexibility index (Phi) is 4.88. The molecule has 0 amide bonds. The molecule has 0 saturated carbocycles. The molecule has 0 heterocycles. The third-order valence-electron chi connectivity index (χ3n) is 3.32. The molecule has 0 spiro atoms. The van der Waals surface area contributed by atoms with Crippen LogP contribution in [0.25, 0.3) is 0 Å². The average Bonchev–Trinajstić information content (AvgIpc) is 2.54. The molecule has 0 radical (unpaired) electrons. The smallest absolute Gasteiger partial charge is 0.313 e. The van der Waals surface area contributed by atoms with Crippen LogP contribution in [0.3, 0.4) is 0 Å². The van der Waals surface area contributed by atoms with Crippen LogP contribution in [-0.4, -0.2) is 18.4 Å². The van der Waals surface area contributed by atoms with Crippen LogP contribution in [0.1, 0.15) is 41.3 Å². The molecule has 2 aromatic rings. The van der Waals surface area contributed by atoms with Crippen molar-refractivity contribution < 1.29 is 14.3 Å². The van der Waals surface area contributed by atoms with Gasteiger partial charge >= 0.3 is 5.97 Å². The summed E-state index contributed by atoms with van der Waals surface area (Å²) in [6.07, 6.45) is 0. The second-order valence-electron chi connectivity index (χ2n) is 4.79. The molecule has 0 unspecified atom stereocenters. The van der Waals surface area contributed by atoms with Crippen LogP contribution in [0.15, 0.2) is 54.6 Å². The lowest BCUT2D eigenvalue weighted by atomic mass is 9.96. The van der Waals surface area contributed by atoms with Gasteiger partial charge in [0, 0.05) is 11.1 Å².